The van der Waals surface area contributed by atoms with E-state index in [1.54, 1.807) is 29.0 Å². The molecule has 1 aliphatic rings. The van der Waals surface area contributed by atoms with Gasteiger partial charge in [0.25, 0.3) is 0 Å². The van der Waals surface area contributed by atoms with E-state index >= 15 is 0 Å². The second kappa shape index (κ2) is 9.32. The Hall–Kier alpha value is -1.83. The zero-order valence-electron chi connectivity index (χ0n) is 17.7. The van der Waals surface area contributed by atoms with E-state index < -0.39 is 29.9 Å². The van der Waals surface area contributed by atoms with Crippen molar-refractivity contribution in [1.29, 1.82) is 0 Å². The number of benzene rings is 1. The predicted octanol–water partition coefficient (Wildman–Crippen LogP) is 2.43. The molecule has 1 saturated heterocycles. The normalized spacial score (nSPS) is 20.9. The lowest BCUT2D eigenvalue weighted by Crippen LogP contribution is -2.64. The maximum Gasteiger partial charge on any atom is 0.410 e. The SMILES string of the molecule is CN(C(=O)[C@H](N)CO)[C@@]1(Cc2ccc(Cl)cc2)CCCN(C(=O)OC(C)(C)C)C1. The number of hydrogen-bond donors (Lipinski definition) is 2. The molecule has 0 spiro atoms. The lowest BCUT2D eigenvalue weighted by molar-refractivity contribution is -0.140. The van der Waals surface area contributed by atoms with Gasteiger partial charge < -0.3 is 25.4 Å². The highest BCUT2D eigenvalue weighted by Crippen LogP contribution is 2.32. The molecule has 2 amide bonds. The molecule has 1 fully saturated rings. The van der Waals surface area contributed by atoms with E-state index in [1.807, 2.05) is 32.9 Å². The van der Waals surface area contributed by atoms with E-state index in [0.29, 0.717) is 31.0 Å². The van der Waals surface area contributed by atoms with E-state index in [-0.39, 0.29) is 5.91 Å². The Kier molecular flexibility index (Phi) is 7.54. The van der Waals surface area contributed by atoms with Crippen LogP contribution in [0.4, 0.5) is 4.79 Å². The third-order valence-electron chi connectivity index (χ3n) is 5.21. The van der Waals surface area contributed by atoms with E-state index in [2.05, 4.69) is 0 Å². The number of likely N-dealkylation sites (N-methyl/N-ethyl adjacent to an activating group) is 1. The van der Waals surface area contributed by atoms with Gasteiger partial charge in [0.15, 0.2) is 0 Å². The maximum atomic E-state index is 12.8. The smallest absolute Gasteiger partial charge is 0.410 e. The van der Waals surface area contributed by atoms with Crippen molar-refractivity contribution in [2.45, 2.75) is 57.2 Å². The fourth-order valence-electron chi connectivity index (χ4n) is 3.67. The fraction of sp³-hybridized carbons (Fsp3) is 0.619. The highest BCUT2D eigenvalue weighted by Gasteiger charge is 2.44. The molecule has 0 aromatic heterocycles. The molecule has 0 saturated carbocycles. The minimum atomic E-state index is -1.00. The second-order valence-corrected chi connectivity index (χ2v) is 9.16. The van der Waals surface area contributed by atoms with Crippen LogP contribution >= 0.6 is 11.6 Å². The summed E-state index contributed by atoms with van der Waals surface area (Å²) in [5.74, 6) is -0.354. The van der Waals surface area contributed by atoms with Gasteiger partial charge in [-0.3, -0.25) is 4.79 Å². The first kappa shape index (κ1) is 23.4. The average Bonchev–Trinajstić information content (AvgIpc) is 2.66. The van der Waals surface area contributed by atoms with Gasteiger partial charge in [0.1, 0.15) is 11.6 Å². The van der Waals surface area contributed by atoms with Crippen LogP contribution in [0.2, 0.25) is 5.02 Å². The summed E-state index contributed by atoms with van der Waals surface area (Å²) in [4.78, 5) is 28.8. The number of nitrogens with two attached hydrogens (primary N) is 1. The Morgan fingerprint density at radius 2 is 1.97 bits per heavy atom. The maximum absolute atomic E-state index is 12.8. The summed E-state index contributed by atoms with van der Waals surface area (Å²) in [5.41, 5.74) is 5.55. The van der Waals surface area contributed by atoms with E-state index in [9.17, 15) is 14.7 Å². The van der Waals surface area contributed by atoms with Crippen LogP contribution in [-0.4, -0.2) is 70.8 Å². The summed E-state index contributed by atoms with van der Waals surface area (Å²) in [6.07, 6.45) is 1.56. The molecular weight excluding hydrogens is 394 g/mol. The molecule has 8 heteroatoms. The molecule has 162 valence electrons. The van der Waals surface area contributed by atoms with Crippen molar-refractivity contribution < 1.29 is 19.4 Å². The number of nitrogens with zero attached hydrogens (tertiary/aromatic N) is 2. The Morgan fingerprint density at radius 1 is 1.34 bits per heavy atom. The van der Waals surface area contributed by atoms with Crippen molar-refractivity contribution in [1.82, 2.24) is 9.80 Å². The number of piperidine rings is 1. The van der Waals surface area contributed by atoms with Crippen LogP contribution in [0.25, 0.3) is 0 Å². The molecule has 1 aromatic carbocycles. The Morgan fingerprint density at radius 3 is 2.52 bits per heavy atom. The highest BCUT2D eigenvalue weighted by molar-refractivity contribution is 6.30. The highest BCUT2D eigenvalue weighted by atomic mass is 35.5. The molecule has 2 atom stereocenters. The zero-order chi connectivity index (χ0) is 21.8. The molecule has 2 rings (SSSR count). The first-order valence-corrected chi connectivity index (χ1v) is 10.2. The first-order chi connectivity index (χ1) is 13.5. The number of ether oxygens (including phenoxy) is 1. The molecule has 1 heterocycles. The van der Waals surface area contributed by atoms with Gasteiger partial charge in [-0.05, 0) is 57.7 Å². The fourth-order valence-corrected chi connectivity index (χ4v) is 3.80. The Bertz CT molecular complexity index is 720. The van der Waals surface area contributed by atoms with Crippen molar-refractivity contribution in [3.8, 4) is 0 Å². The number of halogens is 1. The second-order valence-electron chi connectivity index (χ2n) is 8.72. The van der Waals surface area contributed by atoms with Gasteiger partial charge >= 0.3 is 6.09 Å². The largest absolute Gasteiger partial charge is 0.444 e. The molecule has 1 aromatic rings. The van der Waals surface area contributed by atoms with Crippen LogP contribution in [0, 0.1) is 0 Å². The molecule has 7 nitrogen and oxygen atoms in total. The van der Waals surface area contributed by atoms with Crippen LogP contribution in [0.3, 0.4) is 0 Å². The number of aliphatic hydroxyl groups excluding tert-OH is 1. The summed E-state index contributed by atoms with van der Waals surface area (Å²) in [7, 11) is 1.69. The van der Waals surface area contributed by atoms with Gasteiger partial charge in [-0.2, -0.15) is 0 Å². The van der Waals surface area contributed by atoms with Gasteiger partial charge in [0, 0.05) is 25.2 Å². The topological polar surface area (TPSA) is 96.1 Å². The van der Waals surface area contributed by atoms with E-state index in [0.717, 1.165) is 12.0 Å². The van der Waals surface area contributed by atoms with Crippen LogP contribution in [0.15, 0.2) is 24.3 Å². The summed E-state index contributed by atoms with van der Waals surface area (Å²) in [5, 5.41) is 9.99. The van der Waals surface area contributed by atoms with Gasteiger partial charge in [-0.1, -0.05) is 23.7 Å². The molecule has 0 radical (unpaired) electrons. The lowest BCUT2D eigenvalue weighted by atomic mass is 9.81. The Labute approximate surface area is 177 Å². The van der Waals surface area contributed by atoms with Crippen LogP contribution in [0.5, 0.6) is 0 Å². The molecule has 0 bridgehead atoms. The minimum absolute atomic E-state index is 0.324. The van der Waals surface area contributed by atoms with Crippen LogP contribution in [0.1, 0.15) is 39.2 Å². The van der Waals surface area contributed by atoms with Gasteiger partial charge in [0.2, 0.25) is 5.91 Å². The summed E-state index contributed by atoms with van der Waals surface area (Å²) < 4.78 is 5.55. The third kappa shape index (κ3) is 6.07. The summed E-state index contributed by atoms with van der Waals surface area (Å²) in [6, 6.07) is 6.45. The molecule has 1 aliphatic heterocycles. The van der Waals surface area contributed by atoms with E-state index in [1.165, 1.54) is 0 Å². The number of rotatable bonds is 5. The monoisotopic (exact) mass is 425 g/mol. The van der Waals surface area contributed by atoms with Crippen LogP contribution < -0.4 is 5.73 Å². The molecule has 0 aliphatic carbocycles. The van der Waals surface area contributed by atoms with Crippen LogP contribution in [-0.2, 0) is 16.0 Å². The lowest BCUT2D eigenvalue weighted by Gasteiger charge is -2.49. The zero-order valence-corrected chi connectivity index (χ0v) is 18.4. The molecule has 3 N–H and O–H groups in total. The van der Waals surface area contributed by atoms with Crippen molar-refractivity contribution in [2.24, 2.45) is 5.73 Å². The van der Waals surface area contributed by atoms with Gasteiger partial charge in [0.05, 0.1) is 12.1 Å². The van der Waals surface area contributed by atoms with E-state index in [4.69, 9.17) is 22.1 Å². The number of amides is 2. The number of aliphatic hydroxyl groups is 1. The standard InChI is InChI=1S/C21H32ClN3O4/c1-20(2,3)29-19(28)25-11-5-10-21(14-25,24(4)18(27)17(23)13-26)12-15-6-8-16(22)9-7-15/h6-9,17,26H,5,10-14,23H2,1-4H3/t17-,21-/m1/s1. The van der Waals surface area contributed by atoms with Crippen molar-refractivity contribution >= 4 is 23.6 Å². The quantitative estimate of drug-likeness (QED) is 0.755. The van der Waals surface area contributed by atoms with Gasteiger partial charge in [-0.15, -0.1) is 0 Å². The predicted molar refractivity (Wildman–Crippen MR) is 113 cm³/mol. The number of carbonyl (C=O) groups is 2. The Balaban J connectivity index is 2.34. The van der Waals surface area contributed by atoms with Crippen molar-refractivity contribution in [3.63, 3.8) is 0 Å². The molecular formula is C21H32ClN3O4. The summed E-state index contributed by atoms with van der Waals surface area (Å²) >= 11 is 6.01. The van der Waals surface area contributed by atoms with Gasteiger partial charge in [-0.25, -0.2) is 4.79 Å². The average molecular weight is 426 g/mol. The molecule has 0 unspecified atom stereocenters. The summed E-state index contributed by atoms with van der Waals surface area (Å²) in [6.45, 7) is 5.93. The molecule has 29 heavy (non-hydrogen) atoms. The minimum Gasteiger partial charge on any atom is -0.444 e. The number of hydrogen-bond acceptors (Lipinski definition) is 5. The number of carbonyl (C=O) groups excluding carboxylic acids is 2. The number of likely N-dealkylation sites (tertiary alicyclic amines) is 1. The van der Waals surface area contributed by atoms with Crippen molar-refractivity contribution in [3.05, 3.63) is 34.9 Å². The third-order valence-corrected chi connectivity index (χ3v) is 5.46. The first-order valence-electron chi connectivity index (χ1n) is 9.84. The van der Waals surface area contributed by atoms with Crippen molar-refractivity contribution in [2.75, 3.05) is 26.7 Å².